The molecule has 0 spiro atoms. The minimum absolute atomic E-state index is 0.176. The normalized spacial score (nSPS) is 20.0. The molecule has 5 nitrogen and oxygen atoms in total. The van der Waals surface area contributed by atoms with Crippen LogP contribution in [0.2, 0.25) is 0 Å². The van der Waals surface area contributed by atoms with Crippen molar-refractivity contribution in [3.63, 3.8) is 0 Å². The van der Waals surface area contributed by atoms with Gasteiger partial charge in [0.05, 0.1) is 19.1 Å². The van der Waals surface area contributed by atoms with Crippen LogP contribution in [0.1, 0.15) is 24.8 Å². The van der Waals surface area contributed by atoms with E-state index in [0.717, 1.165) is 50.4 Å². The number of rotatable bonds is 3. The Bertz CT molecular complexity index is 509. The minimum atomic E-state index is -0.662. The molecule has 0 radical (unpaired) electrons. The van der Waals surface area contributed by atoms with Gasteiger partial charge in [0, 0.05) is 13.0 Å². The average molecular weight is 291 g/mol. The zero-order valence-electron chi connectivity index (χ0n) is 12.1. The van der Waals surface area contributed by atoms with E-state index < -0.39 is 5.97 Å². The Labute approximate surface area is 124 Å². The van der Waals surface area contributed by atoms with Gasteiger partial charge in [0.2, 0.25) is 0 Å². The van der Waals surface area contributed by atoms with Gasteiger partial charge in [0.25, 0.3) is 0 Å². The van der Waals surface area contributed by atoms with Crippen molar-refractivity contribution in [3.8, 4) is 11.5 Å². The first-order valence-corrected chi connectivity index (χ1v) is 7.56. The molecule has 0 aromatic heterocycles. The highest BCUT2D eigenvalue weighted by molar-refractivity contribution is 5.70. The Balaban J connectivity index is 1.61. The number of carboxylic acids is 1. The second-order valence-corrected chi connectivity index (χ2v) is 5.72. The highest BCUT2D eigenvalue weighted by Crippen LogP contribution is 2.31. The number of likely N-dealkylation sites (tertiary alicyclic amines) is 1. The number of nitrogens with zero attached hydrogens (tertiary/aromatic N) is 1. The van der Waals surface area contributed by atoms with Gasteiger partial charge < -0.3 is 14.6 Å². The lowest BCUT2D eigenvalue weighted by molar-refractivity contribution is -0.143. The quantitative estimate of drug-likeness (QED) is 0.924. The summed E-state index contributed by atoms with van der Waals surface area (Å²) in [4.78, 5) is 13.3. The zero-order valence-corrected chi connectivity index (χ0v) is 12.1. The molecule has 3 rings (SSSR count). The molecular formula is C16H21NO4. The fourth-order valence-corrected chi connectivity index (χ4v) is 2.90. The molecule has 0 saturated carbocycles. The van der Waals surface area contributed by atoms with E-state index in [0.29, 0.717) is 13.2 Å². The highest BCUT2D eigenvalue weighted by atomic mass is 16.5. The summed E-state index contributed by atoms with van der Waals surface area (Å²) in [7, 11) is 0. The molecule has 0 unspecified atom stereocenters. The summed E-state index contributed by atoms with van der Waals surface area (Å²) in [5, 5.41) is 9.02. The third-order valence-electron chi connectivity index (χ3n) is 4.15. The van der Waals surface area contributed by atoms with Crippen LogP contribution in [0, 0.1) is 5.92 Å². The summed E-state index contributed by atoms with van der Waals surface area (Å²) in [5.41, 5.74) is 1.19. The molecule has 2 aliphatic rings. The van der Waals surface area contributed by atoms with Crippen molar-refractivity contribution in [1.82, 2.24) is 4.90 Å². The lowest BCUT2D eigenvalue weighted by atomic mass is 9.97. The number of aliphatic carboxylic acids is 1. The van der Waals surface area contributed by atoms with Crippen molar-refractivity contribution < 1.29 is 19.4 Å². The number of carbonyl (C=O) groups is 1. The molecule has 1 fully saturated rings. The van der Waals surface area contributed by atoms with Gasteiger partial charge in [-0.3, -0.25) is 9.69 Å². The molecule has 21 heavy (non-hydrogen) atoms. The van der Waals surface area contributed by atoms with E-state index in [-0.39, 0.29) is 5.92 Å². The van der Waals surface area contributed by atoms with E-state index in [1.165, 1.54) is 5.56 Å². The molecule has 1 aromatic carbocycles. The molecule has 0 aliphatic carbocycles. The lowest BCUT2D eigenvalue weighted by Gasteiger charge is -2.30. The molecular weight excluding hydrogens is 270 g/mol. The van der Waals surface area contributed by atoms with Gasteiger partial charge in [-0.15, -0.1) is 0 Å². The van der Waals surface area contributed by atoms with Crippen molar-refractivity contribution in [2.75, 3.05) is 26.3 Å². The molecule has 5 heteroatoms. The topological polar surface area (TPSA) is 59.0 Å². The summed E-state index contributed by atoms with van der Waals surface area (Å²) in [6, 6.07) is 6.08. The van der Waals surface area contributed by atoms with E-state index in [4.69, 9.17) is 14.6 Å². The number of fused-ring (bicyclic) bond motifs is 1. The number of carboxylic acid groups (broad SMARTS) is 1. The number of ether oxygens (including phenoxy) is 2. The van der Waals surface area contributed by atoms with Gasteiger partial charge in [-0.25, -0.2) is 0 Å². The van der Waals surface area contributed by atoms with E-state index >= 15 is 0 Å². The number of piperidine rings is 1. The number of hydrogen-bond acceptors (Lipinski definition) is 4. The van der Waals surface area contributed by atoms with Crippen LogP contribution in [0.5, 0.6) is 11.5 Å². The average Bonchev–Trinajstić information content (AvgIpc) is 2.72. The van der Waals surface area contributed by atoms with Gasteiger partial charge in [-0.05, 0) is 43.6 Å². The Morgan fingerprint density at radius 1 is 1.19 bits per heavy atom. The van der Waals surface area contributed by atoms with Crippen LogP contribution >= 0.6 is 0 Å². The molecule has 0 bridgehead atoms. The molecule has 114 valence electrons. The minimum Gasteiger partial charge on any atom is -0.490 e. The van der Waals surface area contributed by atoms with Gasteiger partial charge in [0.15, 0.2) is 11.5 Å². The Morgan fingerprint density at radius 2 is 1.90 bits per heavy atom. The molecule has 2 heterocycles. The first-order chi connectivity index (χ1) is 10.2. The van der Waals surface area contributed by atoms with Gasteiger partial charge in [-0.2, -0.15) is 0 Å². The SMILES string of the molecule is O=C(O)C1CCN(Cc2ccc3c(c2)OCCCO3)CC1. The smallest absolute Gasteiger partial charge is 0.306 e. The molecule has 1 saturated heterocycles. The molecule has 0 atom stereocenters. The van der Waals surface area contributed by atoms with Crippen LogP contribution in [-0.2, 0) is 11.3 Å². The van der Waals surface area contributed by atoms with Crippen molar-refractivity contribution in [2.45, 2.75) is 25.8 Å². The van der Waals surface area contributed by atoms with Crippen molar-refractivity contribution in [3.05, 3.63) is 23.8 Å². The van der Waals surface area contributed by atoms with Crippen molar-refractivity contribution in [2.24, 2.45) is 5.92 Å². The fraction of sp³-hybridized carbons (Fsp3) is 0.562. The van der Waals surface area contributed by atoms with Crippen LogP contribution in [0.15, 0.2) is 18.2 Å². The van der Waals surface area contributed by atoms with Crippen LogP contribution in [0.4, 0.5) is 0 Å². The van der Waals surface area contributed by atoms with E-state index in [1.54, 1.807) is 0 Å². The monoisotopic (exact) mass is 291 g/mol. The third kappa shape index (κ3) is 3.47. The standard InChI is InChI=1S/C16H21NO4/c18-16(19)13-4-6-17(7-5-13)11-12-2-3-14-15(10-12)21-9-1-8-20-14/h2-3,10,13H,1,4-9,11H2,(H,18,19). The molecule has 0 amide bonds. The van der Waals surface area contributed by atoms with E-state index in [1.807, 2.05) is 12.1 Å². The van der Waals surface area contributed by atoms with Crippen LogP contribution in [0.25, 0.3) is 0 Å². The Morgan fingerprint density at radius 3 is 2.62 bits per heavy atom. The van der Waals surface area contributed by atoms with E-state index in [2.05, 4.69) is 11.0 Å². The van der Waals surface area contributed by atoms with E-state index in [9.17, 15) is 4.79 Å². The summed E-state index contributed by atoms with van der Waals surface area (Å²) in [6.45, 7) is 3.91. The summed E-state index contributed by atoms with van der Waals surface area (Å²) < 4.78 is 11.3. The molecule has 1 aromatic rings. The van der Waals surface area contributed by atoms with Crippen molar-refractivity contribution >= 4 is 5.97 Å². The van der Waals surface area contributed by atoms with Crippen molar-refractivity contribution in [1.29, 1.82) is 0 Å². The molecule has 1 N–H and O–H groups in total. The van der Waals surface area contributed by atoms with Crippen LogP contribution in [-0.4, -0.2) is 42.3 Å². The first kappa shape index (κ1) is 14.2. The largest absolute Gasteiger partial charge is 0.490 e. The second kappa shape index (κ2) is 6.35. The molecule has 2 aliphatic heterocycles. The maximum Gasteiger partial charge on any atom is 0.306 e. The fourth-order valence-electron chi connectivity index (χ4n) is 2.90. The maximum absolute atomic E-state index is 11.0. The maximum atomic E-state index is 11.0. The van der Waals surface area contributed by atoms with Gasteiger partial charge in [0.1, 0.15) is 0 Å². The number of benzene rings is 1. The van der Waals surface area contributed by atoms with Gasteiger partial charge in [-0.1, -0.05) is 6.07 Å². The summed E-state index contributed by atoms with van der Waals surface area (Å²) in [5.74, 6) is 0.807. The van der Waals surface area contributed by atoms with Crippen LogP contribution < -0.4 is 9.47 Å². The highest BCUT2D eigenvalue weighted by Gasteiger charge is 2.24. The Hall–Kier alpha value is -1.75. The lowest BCUT2D eigenvalue weighted by Crippen LogP contribution is -2.35. The zero-order chi connectivity index (χ0) is 14.7. The predicted molar refractivity (Wildman–Crippen MR) is 77.7 cm³/mol. The summed E-state index contributed by atoms with van der Waals surface area (Å²) in [6.07, 6.45) is 2.38. The van der Waals surface area contributed by atoms with Crippen LogP contribution in [0.3, 0.4) is 0 Å². The predicted octanol–water partition coefficient (Wildman–Crippen LogP) is 2.14. The second-order valence-electron chi connectivity index (χ2n) is 5.72. The Kier molecular flexibility index (Phi) is 4.29. The van der Waals surface area contributed by atoms with Gasteiger partial charge >= 0.3 is 5.97 Å². The first-order valence-electron chi connectivity index (χ1n) is 7.56. The number of hydrogen-bond donors (Lipinski definition) is 1. The summed E-state index contributed by atoms with van der Waals surface area (Å²) >= 11 is 0. The third-order valence-corrected chi connectivity index (χ3v) is 4.15.